The van der Waals surface area contributed by atoms with E-state index in [0.717, 1.165) is 28.8 Å². The van der Waals surface area contributed by atoms with Crippen molar-refractivity contribution in [1.29, 1.82) is 0 Å². The van der Waals surface area contributed by atoms with E-state index in [1.807, 2.05) is 0 Å². The van der Waals surface area contributed by atoms with Gasteiger partial charge in [0.2, 0.25) is 12.8 Å². The zero-order valence-electron chi connectivity index (χ0n) is 18.4. The Hall–Kier alpha value is -3.88. The Morgan fingerprint density at radius 3 is 2.37 bits per heavy atom. The number of pyridine rings is 1. The number of benzene rings is 1. The molecule has 6 N–H and O–H groups in total. The van der Waals surface area contributed by atoms with E-state index in [4.69, 9.17) is 11.5 Å². The summed E-state index contributed by atoms with van der Waals surface area (Å²) in [5.74, 6) is -1.31. The molecule has 1 aromatic heterocycles. The molecule has 2 aromatic rings. The van der Waals surface area contributed by atoms with Crippen LogP contribution in [0.5, 0.6) is 0 Å². The molecule has 0 saturated heterocycles. The van der Waals surface area contributed by atoms with E-state index in [9.17, 15) is 36.0 Å². The maximum Gasteiger partial charge on any atom is 0.275 e. The number of hydrogen-bond acceptors (Lipinski definition) is 6. The van der Waals surface area contributed by atoms with Crippen LogP contribution in [-0.4, -0.2) is 50.7 Å². The number of nitrogens with one attached hydrogen (secondary N) is 2. The van der Waals surface area contributed by atoms with Crippen LogP contribution in [0.4, 0.5) is 18.9 Å². The summed E-state index contributed by atoms with van der Waals surface area (Å²) < 4.78 is 60.2. The first-order valence-corrected chi connectivity index (χ1v) is 11.4. The zero-order chi connectivity index (χ0) is 26.4. The molecule has 1 aromatic carbocycles. The quantitative estimate of drug-likeness (QED) is 0.144. The minimum atomic E-state index is -4.15. The van der Waals surface area contributed by atoms with Crippen molar-refractivity contribution in [3.63, 3.8) is 0 Å². The van der Waals surface area contributed by atoms with Crippen molar-refractivity contribution in [2.45, 2.75) is 30.3 Å². The van der Waals surface area contributed by atoms with Gasteiger partial charge in [-0.25, -0.2) is 21.6 Å². The van der Waals surface area contributed by atoms with Gasteiger partial charge in [-0.05, 0) is 49.2 Å². The van der Waals surface area contributed by atoms with E-state index in [2.05, 4.69) is 15.0 Å². The first kappa shape index (κ1) is 29.2. The van der Waals surface area contributed by atoms with Crippen LogP contribution in [-0.2, 0) is 26.2 Å². The highest BCUT2D eigenvalue weighted by molar-refractivity contribution is 7.92. The molecule has 35 heavy (non-hydrogen) atoms. The fourth-order valence-corrected chi connectivity index (χ4v) is 3.71. The molecule has 1 atom stereocenters. The Morgan fingerprint density at radius 1 is 1.17 bits per heavy atom. The van der Waals surface area contributed by atoms with Crippen LogP contribution in [0, 0.1) is 5.82 Å². The largest absolute Gasteiger partial charge is 0.370 e. The molecule has 15 heteroatoms. The van der Waals surface area contributed by atoms with Crippen molar-refractivity contribution >= 4 is 33.9 Å². The Morgan fingerprint density at radius 2 is 1.80 bits per heavy atom. The average molecular weight is 519 g/mol. The number of halogens is 3. The Bertz CT molecular complexity index is 1170. The lowest BCUT2D eigenvalue weighted by Gasteiger charge is -2.14. The van der Waals surface area contributed by atoms with Gasteiger partial charge in [0, 0.05) is 12.7 Å². The normalized spacial score (nSPS) is 11.4. The van der Waals surface area contributed by atoms with Gasteiger partial charge in [0.25, 0.3) is 15.6 Å². The Labute approximate surface area is 199 Å². The molecule has 0 aliphatic rings. The van der Waals surface area contributed by atoms with Gasteiger partial charge in [-0.3, -0.25) is 19.3 Å². The molecule has 0 radical (unpaired) electrons. The van der Waals surface area contributed by atoms with E-state index in [-0.39, 0.29) is 23.1 Å². The molecular formula is C20H25F3N6O5S. The van der Waals surface area contributed by atoms with Gasteiger partial charge in [-0.2, -0.15) is 0 Å². The van der Waals surface area contributed by atoms with Crippen molar-refractivity contribution in [3.05, 3.63) is 58.8 Å². The van der Waals surface area contributed by atoms with Crippen molar-refractivity contribution in [3.8, 4) is 0 Å². The van der Waals surface area contributed by atoms with Crippen LogP contribution < -0.4 is 27.1 Å². The summed E-state index contributed by atoms with van der Waals surface area (Å²) >= 11 is 0. The Balaban J connectivity index is 0.00000194. The molecule has 0 saturated carbocycles. The van der Waals surface area contributed by atoms with E-state index in [1.54, 1.807) is 0 Å². The number of guanidine groups is 1. The highest BCUT2D eigenvalue weighted by atomic mass is 32.2. The minimum Gasteiger partial charge on any atom is -0.370 e. The van der Waals surface area contributed by atoms with Crippen LogP contribution in [0.25, 0.3) is 0 Å². The monoisotopic (exact) mass is 518 g/mol. The van der Waals surface area contributed by atoms with Crippen LogP contribution in [0.1, 0.15) is 12.8 Å². The number of nitrogens with two attached hydrogens (primary N) is 2. The maximum atomic E-state index is 13.0. The summed E-state index contributed by atoms with van der Waals surface area (Å²) in [5.41, 5.74) is 9.35. The molecule has 192 valence electrons. The molecule has 1 amide bonds. The predicted molar refractivity (Wildman–Crippen MR) is 123 cm³/mol. The summed E-state index contributed by atoms with van der Waals surface area (Å²) in [7, 11) is -4.15. The molecule has 11 nitrogen and oxygen atoms in total. The zero-order valence-corrected chi connectivity index (χ0v) is 19.2. The first-order valence-electron chi connectivity index (χ1n) is 9.93. The van der Waals surface area contributed by atoms with E-state index >= 15 is 0 Å². The third kappa shape index (κ3) is 10.3. The molecule has 0 aliphatic heterocycles. The second kappa shape index (κ2) is 14.4. The SMILES string of the molecule is FCF.NC(N)=NCCCC(C=O)NC(=O)Cn1cccc(NS(=O)(=O)c2ccc(F)cc2)c1=O. The molecule has 0 bridgehead atoms. The first-order chi connectivity index (χ1) is 16.5. The number of carbonyl (C=O) groups excluding carboxylic acids is 2. The number of anilines is 1. The van der Waals surface area contributed by atoms with Crippen LogP contribution in [0.15, 0.2) is 57.3 Å². The van der Waals surface area contributed by atoms with Gasteiger partial charge < -0.3 is 26.1 Å². The van der Waals surface area contributed by atoms with Crippen molar-refractivity contribution in [2.24, 2.45) is 16.5 Å². The molecule has 1 unspecified atom stereocenters. The minimum absolute atomic E-state index is 0.0778. The fraction of sp³-hybridized carbons (Fsp3) is 0.300. The number of alkyl halides is 2. The number of aromatic nitrogens is 1. The maximum absolute atomic E-state index is 13.0. The molecule has 1 heterocycles. The summed E-state index contributed by atoms with van der Waals surface area (Å²) in [4.78, 5) is 39.6. The number of aldehydes is 1. The molecular weight excluding hydrogens is 493 g/mol. The van der Waals surface area contributed by atoms with Gasteiger partial charge in [0.1, 0.15) is 24.3 Å². The second-order valence-corrected chi connectivity index (χ2v) is 8.46. The van der Waals surface area contributed by atoms with Crippen molar-refractivity contribution < 1.29 is 31.2 Å². The van der Waals surface area contributed by atoms with Crippen molar-refractivity contribution in [2.75, 3.05) is 18.2 Å². The smallest absolute Gasteiger partial charge is 0.275 e. The summed E-state index contributed by atoms with van der Waals surface area (Å²) in [6.45, 7) is -1.90. The number of rotatable bonds is 11. The van der Waals surface area contributed by atoms with Crippen molar-refractivity contribution in [1.82, 2.24) is 9.88 Å². The number of hydrogen-bond donors (Lipinski definition) is 4. The fourth-order valence-electron chi connectivity index (χ4n) is 2.66. The predicted octanol–water partition coefficient (Wildman–Crippen LogP) is 0.408. The Kier molecular flexibility index (Phi) is 12.0. The average Bonchev–Trinajstić information content (AvgIpc) is 2.79. The van der Waals surface area contributed by atoms with Gasteiger partial charge in [0.15, 0.2) is 5.96 Å². The lowest BCUT2D eigenvalue weighted by atomic mass is 10.2. The molecule has 2 rings (SSSR count). The van der Waals surface area contributed by atoms with Gasteiger partial charge in [0.05, 0.1) is 10.9 Å². The standard InChI is InChI=1S/C19H23FN6O5S.CH2F2/c20-13-5-7-15(8-6-13)32(30,31)25-16-4-2-10-26(18(16)29)11-17(28)24-14(12-27)3-1-9-23-19(21)22;2-1-3/h2,4-8,10,12,14,25H,1,3,9,11H2,(H,24,28)(H4,21,22,23);1H2. The highest BCUT2D eigenvalue weighted by Crippen LogP contribution is 2.14. The summed E-state index contributed by atoms with van der Waals surface area (Å²) in [6.07, 6.45) is 2.59. The lowest BCUT2D eigenvalue weighted by Crippen LogP contribution is -2.40. The lowest BCUT2D eigenvalue weighted by molar-refractivity contribution is -0.124. The van der Waals surface area contributed by atoms with Gasteiger partial charge in [-0.15, -0.1) is 0 Å². The number of amides is 1. The number of carbonyl (C=O) groups is 2. The van der Waals surface area contributed by atoms with E-state index < -0.39 is 46.8 Å². The van der Waals surface area contributed by atoms with Crippen LogP contribution in [0.2, 0.25) is 0 Å². The number of sulfonamides is 1. The highest BCUT2D eigenvalue weighted by Gasteiger charge is 2.18. The topological polar surface area (TPSA) is 179 Å². The summed E-state index contributed by atoms with van der Waals surface area (Å²) in [6, 6.07) is 5.87. The number of aliphatic imine (C=N–C) groups is 1. The summed E-state index contributed by atoms with van der Waals surface area (Å²) in [5, 5.41) is 2.48. The van der Waals surface area contributed by atoms with E-state index in [1.165, 1.54) is 18.3 Å². The number of nitrogens with zero attached hydrogens (tertiary/aromatic N) is 2. The third-order valence-corrected chi connectivity index (χ3v) is 5.56. The third-order valence-electron chi connectivity index (χ3n) is 4.18. The van der Waals surface area contributed by atoms with Gasteiger partial charge >= 0.3 is 0 Å². The second-order valence-electron chi connectivity index (χ2n) is 6.77. The van der Waals surface area contributed by atoms with Gasteiger partial charge in [-0.1, -0.05) is 0 Å². The molecule has 0 spiro atoms. The molecule has 0 aliphatic carbocycles. The van der Waals surface area contributed by atoms with Crippen LogP contribution >= 0.6 is 0 Å². The van der Waals surface area contributed by atoms with Crippen LogP contribution in [0.3, 0.4) is 0 Å². The van der Waals surface area contributed by atoms with E-state index in [0.29, 0.717) is 19.1 Å². The molecule has 0 fully saturated rings.